The highest BCUT2D eigenvalue weighted by molar-refractivity contribution is 6.36. The Morgan fingerprint density at radius 2 is 2.00 bits per heavy atom. The summed E-state index contributed by atoms with van der Waals surface area (Å²) in [5.41, 5.74) is 0.704. The summed E-state index contributed by atoms with van der Waals surface area (Å²) in [4.78, 5) is 26.1. The van der Waals surface area contributed by atoms with Crippen LogP contribution in [-0.4, -0.2) is 17.6 Å². The minimum Gasteiger partial charge on any atom is -0.462 e. The van der Waals surface area contributed by atoms with E-state index in [0.717, 1.165) is 0 Å². The van der Waals surface area contributed by atoms with E-state index in [1.165, 1.54) is 18.3 Å². The largest absolute Gasteiger partial charge is 0.462 e. The molecule has 0 saturated carbocycles. The van der Waals surface area contributed by atoms with Crippen molar-refractivity contribution in [2.45, 2.75) is 6.92 Å². The van der Waals surface area contributed by atoms with E-state index in [4.69, 9.17) is 27.9 Å². The van der Waals surface area contributed by atoms with Crippen LogP contribution in [0, 0.1) is 0 Å². The standard InChI is InChI=1S/C14H11Cl2NO3/c1-2-20-14(19)8-5-11(13(18)17-7-8)10-4-3-9(15)6-12(10)16/h3-7H,2H2,1H3,(H,17,18). The van der Waals surface area contributed by atoms with Crippen molar-refractivity contribution in [1.82, 2.24) is 4.98 Å². The summed E-state index contributed by atoms with van der Waals surface area (Å²) in [5, 5.41) is 0.806. The number of benzene rings is 1. The second kappa shape index (κ2) is 6.11. The fourth-order valence-corrected chi connectivity index (χ4v) is 2.23. The molecule has 0 aliphatic rings. The van der Waals surface area contributed by atoms with Crippen molar-refractivity contribution in [2.24, 2.45) is 0 Å². The molecular formula is C14H11Cl2NO3. The summed E-state index contributed by atoms with van der Waals surface area (Å²) >= 11 is 11.9. The first-order chi connectivity index (χ1) is 9.52. The lowest BCUT2D eigenvalue weighted by Crippen LogP contribution is -2.13. The maximum atomic E-state index is 11.9. The molecule has 2 rings (SSSR count). The van der Waals surface area contributed by atoms with Crippen molar-refractivity contribution in [3.8, 4) is 11.1 Å². The first-order valence-electron chi connectivity index (χ1n) is 5.88. The van der Waals surface area contributed by atoms with Crippen molar-refractivity contribution in [2.75, 3.05) is 6.61 Å². The number of aromatic amines is 1. The van der Waals surface area contributed by atoms with Gasteiger partial charge in [-0.1, -0.05) is 29.3 Å². The van der Waals surface area contributed by atoms with E-state index < -0.39 is 5.97 Å². The molecule has 0 atom stereocenters. The van der Waals surface area contributed by atoms with Gasteiger partial charge in [0.1, 0.15) is 0 Å². The average molecular weight is 312 g/mol. The molecule has 0 spiro atoms. The summed E-state index contributed by atoms with van der Waals surface area (Å²) in [5.74, 6) is -0.505. The number of halogens is 2. The van der Waals surface area contributed by atoms with Crippen LogP contribution in [0.15, 0.2) is 35.3 Å². The summed E-state index contributed by atoms with van der Waals surface area (Å²) in [6.45, 7) is 1.97. The van der Waals surface area contributed by atoms with E-state index in [1.807, 2.05) is 0 Å². The zero-order valence-corrected chi connectivity index (χ0v) is 12.1. The van der Waals surface area contributed by atoms with Gasteiger partial charge in [-0.25, -0.2) is 4.79 Å². The first-order valence-corrected chi connectivity index (χ1v) is 6.63. The molecule has 0 saturated heterocycles. The van der Waals surface area contributed by atoms with Gasteiger partial charge in [-0.3, -0.25) is 4.79 Å². The van der Waals surface area contributed by atoms with Crippen LogP contribution in [0.1, 0.15) is 17.3 Å². The number of esters is 1. The molecule has 6 heteroatoms. The van der Waals surface area contributed by atoms with Gasteiger partial charge in [0.25, 0.3) is 5.56 Å². The molecule has 1 aromatic heterocycles. The van der Waals surface area contributed by atoms with Gasteiger partial charge in [0.15, 0.2) is 0 Å². The van der Waals surface area contributed by atoms with Crippen LogP contribution in [0.5, 0.6) is 0 Å². The van der Waals surface area contributed by atoms with Crippen LogP contribution in [0.2, 0.25) is 10.0 Å². The maximum Gasteiger partial charge on any atom is 0.339 e. The lowest BCUT2D eigenvalue weighted by Gasteiger charge is -2.06. The molecule has 0 unspecified atom stereocenters. The summed E-state index contributed by atoms with van der Waals surface area (Å²) in [6.07, 6.45) is 1.31. The Hall–Kier alpha value is -1.78. The molecule has 0 radical (unpaired) electrons. The molecule has 20 heavy (non-hydrogen) atoms. The van der Waals surface area contributed by atoms with E-state index in [0.29, 0.717) is 15.6 Å². The summed E-state index contributed by atoms with van der Waals surface area (Å²) in [7, 11) is 0. The predicted molar refractivity (Wildman–Crippen MR) is 78.5 cm³/mol. The van der Waals surface area contributed by atoms with Gasteiger partial charge in [0, 0.05) is 22.3 Å². The number of hydrogen-bond donors (Lipinski definition) is 1. The van der Waals surface area contributed by atoms with Gasteiger partial charge in [0.2, 0.25) is 0 Å². The maximum absolute atomic E-state index is 11.9. The molecule has 1 N–H and O–H groups in total. The monoisotopic (exact) mass is 311 g/mol. The third kappa shape index (κ3) is 3.03. The number of rotatable bonds is 3. The van der Waals surface area contributed by atoms with Crippen LogP contribution < -0.4 is 5.56 Å². The van der Waals surface area contributed by atoms with Gasteiger partial charge in [-0.15, -0.1) is 0 Å². The second-order valence-corrected chi connectivity index (χ2v) is 4.82. The molecule has 0 fully saturated rings. The minimum atomic E-state index is -0.505. The Kier molecular flexibility index (Phi) is 4.47. The highest BCUT2D eigenvalue weighted by Gasteiger charge is 2.13. The quantitative estimate of drug-likeness (QED) is 0.882. The molecule has 2 aromatic rings. The number of pyridine rings is 1. The van der Waals surface area contributed by atoms with Crippen molar-refractivity contribution in [3.63, 3.8) is 0 Å². The SMILES string of the molecule is CCOC(=O)c1c[nH]c(=O)c(-c2ccc(Cl)cc2Cl)c1. The van der Waals surface area contributed by atoms with E-state index in [-0.39, 0.29) is 23.3 Å². The molecular weight excluding hydrogens is 301 g/mol. The van der Waals surface area contributed by atoms with E-state index in [1.54, 1.807) is 19.1 Å². The Balaban J connectivity index is 2.53. The van der Waals surface area contributed by atoms with Crippen molar-refractivity contribution in [1.29, 1.82) is 0 Å². The molecule has 1 aromatic carbocycles. The van der Waals surface area contributed by atoms with Gasteiger partial charge in [-0.2, -0.15) is 0 Å². The smallest absolute Gasteiger partial charge is 0.339 e. The predicted octanol–water partition coefficient (Wildman–Crippen LogP) is 3.53. The molecule has 4 nitrogen and oxygen atoms in total. The zero-order valence-electron chi connectivity index (χ0n) is 10.6. The first kappa shape index (κ1) is 14.6. The molecule has 1 heterocycles. The Labute approximate surface area is 125 Å². The molecule has 104 valence electrons. The Morgan fingerprint density at radius 3 is 2.65 bits per heavy atom. The highest BCUT2D eigenvalue weighted by atomic mass is 35.5. The number of H-pyrrole nitrogens is 1. The highest BCUT2D eigenvalue weighted by Crippen LogP contribution is 2.28. The second-order valence-electron chi connectivity index (χ2n) is 3.98. The number of nitrogens with one attached hydrogen (secondary N) is 1. The van der Waals surface area contributed by atoms with Crippen molar-refractivity contribution >= 4 is 29.2 Å². The number of aromatic nitrogens is 1. The van der Waals surface area contributed by atoms with Crippen molar-refractivity contribution < 1.29 is 9.53 Å². The molecule has 0 aliphatic carbocycles. The Morgan fingerprint density at radius 1 is 1.25 bits per heavy atom. The molecule has 0 aliphatic heterocycles. The van der Waals surface area contributed by atoms with E-state index in [2.05, 4.69) is 4.98 Å². The number of carbonyl (C=O) groups is 1. The van der Waals surface area contributed by atoms with Crippen LogP contribution >= 0.6 is 23.2 Å². The topological polar surface area (TPSA) is 59.2 Å². The molecule has 0 bridgehead atoms. The summed E-state index contributed by atoms with van der Waals surface area (Å²) < 4.78 is 4.89. The third-order valence-electron chi connectivity index (χ3n) is 2.64. The fourth-order valence-electron chi connectivity index (χ4n) is 1.72. The lowest BCUT2D eigenvalue weighted by molar-refractivity contribution is 0.0526. The van der Waals surface area contributed by atoms with Gasteiger partial charge in [0.05, 0.1) is 17.2 Å². The van der Waals surface area contributed by atoms with Gasteiger partial charge >= 0.3 is 5.97 Å². The van der Waals surface area contributed by atoms with Crippen LogP contribution in [0.25, 0.3) is 11.1 Å². The van der Waals surface area contributed by atoms with Crippen molar-refractivity contribution in [3.05, 3.63) is 56.4 Å². The summed E-state index contributed by atoms with van der Waals surface area (Å²) in [6, 6.07) is 6.24. The number of hydrogen-bond acceptors (Lipinski definition) is 3. The van der Waals surface area contributed by atoms with Gasteiger partial charge < -0.3 is 9.72 Å². The zero-order chi connectivity index (χ0) is 14.7. The van der Waals surface area contributed by atoms with Gasteiger partial charge in [-0.05, 0) is 25.1 Å². The Bertz CT molecular complexity index is 710. The van der Waals surface area contributed by atoms with Crippen LogP contribution in [-0.2, 0) is 4.74 Å². The van der Waals surface area contributed by atoms with E-state index >= 15 is 0 Å². The minimum absolute atomic E-state index is 0.257. The fraction of sp³-hybridized carbons (Fsp3) is 0.143. The number of ether oxygens (including phenoxy) is 1. The average Bonchev–Trinajstić information content (AvgIpc) is 2.40. The van der Waals surface area contributed by atoms with E-state index in [9.17, 15) is 9.59 Å². The van der Waals surface area contributed by atoms with Crippen LogP contribution in [0.3, 0.4) is 0 Å². The van der Waals surface area contributed by atoms with Crippen LogP contribution in [0.4, 0.5) is 0 Å². The third-order valence-corrected chi connectivity index (χ3v) is 3.18. The molecule has 0 amide bonds. The normalized spacial score (nSPS) is 10.3. The lowest BCUT2D eigenvalue weighted by atomic mass is 10.1. The number of carbonyl (C=O) groups excluding carboxylic acids is 1.